The molecule has 1 amide bonds. The lowest BCUT2D eigenvalue weighted by Gasteiger charge is -2.26. The van der Waals surface area contributed by atoms with Gasteiger partial charge in [-0.15, -0.1) is 0 Å². The number of rotatable bonds is 5. The molecular weight excluding hydrogens is 386 g/mol. The molecule has 0 aliphatic carbocycles. The lowest BCUT2D eigenvalue weighted by atomic mass is 10.1. The highest BCUT2D eigenvalue weighted by Gasteiger charge is 2.28. The molecule has 1 saturated heterocycles. The average molecular weight is 414 g/mol. The minimum absolute atomic E-state index is 0.111. The van der Waals surface area contributed by atoms with Crippen molar-refractivity contribution in [2.45, 2.75) is 43.5 Å². The maximum absolute atomic E-state index is 12.7. The maximum Gasteiger partial charge on any atom is 0.243 e. The van der Waals surface area contributed by atoms with Crippen LogP contribution in [-0.2, 0) is 21.2 Å². The van der Waals surface area contributed by atoms with Crippen molar-refractivity contribution < 1.29 is 13.2 Å². The maximum atomic E-state index is 12.7. The van der Waals surface area contributed by atoms with Gasteiger partial charge in [0.15, 0.2) is 0 Å². The molecule has 1 fully saturated rings. The number of anilines is 2. The van der Waals surface area contributed by atoms with E-state index in [1.165, 1.54) is 5.56 Å². The van der Waals surface area contributed by atoms with Crippen molar-refractivity contribution in [1.82, 2.24) is 4.31 Å². The molecule has 0 bridgehead atoms. The molecule has 2 aliphatic heterocycles. The molecular formula is C22H27N3O3S. The van der Waals surface area contributed by atoms with Crippen molar-refractivity contribution in [2.24, 2.45) is 0 Å². The Kier molecular flexibility index (Phi) is 5.61. The van der Waals surface area contributed by atoms with E-state index in [0.717, 1.165) is 31.4 Å². The third-order valence-electron chi connectivity index (χ3n) is 5.75. The summed E-state index contributed by atoms with van der Waals surface area (Å²) in [6, 6.07) is 14.9. The second-order valence-corrected chi connectivity index (χ2v) is 9.78. The zero-order chi connectivity index (χ0) is 20.4. The monoisotopic (exact) mass is 413 g/mol. The number of fused-ring (bicyclic) bond motifs is 1. The Balaban J connectivity index is 1.41. The third-order valence-corrected chi connectivity index (χ3v) is 7.67. The molecule has 0 unspecified atom stereocenters. The van der Waals surface area contributed by atoms with E-state index in [1.54, 1.807) is 28.6 Å². The topological polar surface area (TPSA) is 69.7 Å². The van der Waals surface area contributed by atoms with E-state index in [4.69, 9.17) is 0 Å². The Bertz CT molecular complexity index is 983. The second-order valence-electron chi connectivity index (χ2n) is 7.85. The quantitative estimate of drug-likeness (QED) is 0.817. The molecule has 0 saturated carbocycles. The molecule has 1 atom stereocenters. The minimum atomic E-state index is -3.45. The highest BCUT2D eigenvalue weighted by atomic mass is 32.2. The summed E-state index contributed by atoms with van der Waals surface area (Å²) < 4.78 is 27.0. The van der Waals surface area contributed by atoms with Crippen LogP contribution in [0.3, 0.4) is 0 Å². The third kappa shape index (κ3) is 4.16. The fourth-order valence-electron chi connectivity index (χ4n) is 4.19. The van der Waals surface area contributed by atoms with Gasteiger partial charge >= 0.3 is 0 Å². The number of carbonyl (C=O) groups is 1. The van der Waals surface area contributed by atoms with E-state index < -0.39 is 10.0 Å². The average Bonchev–Trinajstić information content (AvgIpc) is 3.04. The number of sulfonamides is 1. The summed E-state index contributed by atoms with van der Waals surface area (Å²) in [6.45, 7) is 3.55. The predicted molar refractivity (Wildman–Crippen MR) is 115 cm³/mol. The van der Waals surface area contributed by atoms with Gasteiger partial charge in [-0.25, -0.2) is 8.42 Å². The molecule has 2 heterocycles. The van der Waals surface area contributed by atoms with Gasteiger partial charge in [0, 0.05) is 30.5 Å². The van der Waals surface area contributed by atoms with Crippen LogP contribution in [0.15, 0.2) is 53.4 Å². The number of nitrogens with zero attached hydrogens (tertiary/aromatic N) is 2. The Labute approximate surface area is 172 Å². The van der Waals surface area contributed by atoms with Crippen molar-refractivity contribution in [2.75, 3.05) is 29.9 Å². The first kappa shape index (κ1) is 19.9. The molecule has 7 heteroatoms. The van der Waals surface area contributed by atoms with Gasteiger partial charge in [0.05, 0.1) is 11.4 Å². The van der Waals surface area contributed by atoms with Gasteiger partial charge in [-0.05, 0) is 62.1 Å². The highest BCUT2D eigenvalue weighted by Crippen LogP contribution is 2.31. The number of benzene rings is 2. The smallest absolute Gasteiger partial charge is 0.243 e. The Morgan fingerprint density at radius 3 is 2.45 bits per heavy atom. The van der Waals surface area contributed by atoms with Crippen molar-refractivity contribution in [3.63, 3.8) is 0 Å². The Hall–Kier alpha value is -2.38. The molecule has 1 N–H and O–H groups in total. The van der Waals surface area contributed by atoms with Gasteiger partial charge in [-0.3, -0.25) is 4.79 Å². The largest absolute Gasteiger partial charge is 0.359 e. The number of nitrogens with one attached hydrogen (secondary N) is 1. The fraction of sp³-hybridized carbons (Fsp3) is 0.409. The van der Waals surface area contributed by atoms with Gasteiger partial charge in [-0.2, -0.15) is 4.31 Å². The van der Waals surface area contributed by atoms with E-state index in [9.17, 15) is 13.2 Å². The fourth-order valence-corrected chi connectivity index (χ4v) is 5.71. The van der Waals surface area contributed by atoms with Crippen molar-refractivity contribution >= 4 is 27.3 Å². The summed E-state index contributed by atoms with van der Waals surface area (Å²) in [6.07, 6.45) is 3.83. The number of piperidine rings is 1. The predicted octanol–water partition coefficient (Wildman–Crippen LogP) is 3.25. The molecule has 2 aromatic carbocycles. The van der Waals surface area contributed by atoms with E-state index in [1.807, 2.05) is 18.2 Å². The van der Waals surface area contributed by atoms with Crippen LogP contribution in [0.4, 0.5) is 11.4 Å². The Morgan fingerprint density at radius 2 is 1.72 bits per heavy atom. The van der Waals surface area contributed by atoms with Crippen LogP contribution >= 0.6 is 0 Å². The van der Waals surface area contributed by atoms with Crippen LogP contribution < -0.4 is 10.2 Å². The van der Waals surface area contributed by atoms with Gasteiger partial charge in [0.2, 0.25) is 15.9 Å². The van der Waals surface area contributed by atoms with Crippen LogP contribution in [0.5, 0.6) is 0 Å². The van der Waals surface area contributed by atoms with Gasteiger partial charge in [0.25, 0.3) is 0 Å². The van der Waals surface area contributed by atoms with Crippen LogP contribution in [0.25, 0.3) is 0 Å². The van der Waals surface area contributed by atoms with Gasteiger partial charge < -0.3 is 10.2 Å². The molecule has 29 heavy (non-hydrogen) atoms. The first-order valence-electron chi connectivity index (χ1n) is 10.2. The van der Waals surface area contributed by atoms with Crippen LogP contribution in [0, 0.1) is 0 Å². The first-order valence-corrected chi connectivity index (χ1v) is 11.6. The zero-order valence-electron chi connectivity index (χ0n) is 16.7. The molecule has 4 rings (SSSR count). The van der Waals surface area contributed by atoms with E-state index >= 15 is 0 Å². The minimum Gasteiger partial charge on any atom is -0.359 e. The molecule has 154 valence electrons. The van der Waals surface area contributed by atoms with E-state index in [2.05, 4.69) is 23.2 Å². The van der Waals surface area contributed by atoms with Crippen molar-refractivity contribution in [1.29, 1.82) is 0 Å². The second kappa shape index (κ2) is 8.16. The number of para-hydroxylation sites is 1. The van der Waals surface area contributed by atoms with Crippen LogP contribution in [0.1, 0.15) is 31.7 Å². The van der Waals surface area contributed by atoms with Crippen LogP contribution in [0.2, 0.25) is 0 Å². The van der Waals surface area contributed by atoms with E-state index in [0.29, 0.717) is 18.8 Å². The summed E-state index contributed by atoms with van der Waals surface area (Å²) in [7, 11) is -3.45. The summed E-state index contributed by atoms with van der Waals surface area (Å²) in [5.41, 5.74) is 2.98. The van der Waals surface area contributed by atoms with Gasteiger partial charge in [0.1, 0.15) is 0 Å². The lowest BCUT2D eigenvalue weighted by molar-refractivity contribution is -0.115. The summed E-state index contributed by atoms with van der Waals surface area (Å²) in [5, 5.41) is 2.89. The van der Waals surface area contributed by atoms with Crippen molar-refractivity contribution in [3.05, 3.63) is 54.1 Å². The molecule has 0 aromatic heterocycles. The van der Waals surface area contributed by atoms with Crippen molar-refractivity contribution in [3.8, 4) is 0 Å². The summed E-state index contributed by atoms with van der Waals surface area (Å²) >= 11 is 0. The normalized spacial score (nSPS) is 19.8. The summed E-state index contributed by atoms with van der Waals surface area (Å²) in [4.78, 5) is 15.0. The standard InChI is InChI=1S/C22H27N3O3S/c1-17-15-18-7-3-4-8-21(18)25(17)16-22(26)23-19-9-11-20(12-10-19)29(27,28)24-13-5-2-6-14-24/h3-4,7-12,17H,2,5-6,13-16H2,1H3,(H,23,26)/t17-/m1/s1. The van der Waals surface area contributed by atoms with E-state index in [-0.39, 0.29) is 23.4 Å². The Morgan fingerprint density at radius 1 is 1.03 bits per heavy atom. The number of amides is 1. The highest BCUT2D eigenvalue weighted by molar-refractivity contribution is 7.89. The number of hydrogen-bond donors (Lipinski definition) is 1. The molecule has 2 aromatic rings. The lowest BCUT2D eigenvalue weighted by Crippen LogP contribution is -2.37. The van der Waals surface area contributed by atoms with Gasteiger partial charge in [-0.1, -0.05) is 24.6 Å². The first-order chi connectivity index (χ1) is 13.9. The SMILES string of the molecule is C[C@@H]1Cc2ccccc2N1CC(=O)Nc1ccc(S(=O)(=O)N2CCCCC2)cc1. The molecule has 6 nitrogen and oxygen atoms in total. The summed E-state index contributed by atoms with van der Waals surface area (Å²) in [5.74, 6) is -0.111. The van der Waals surface area contributed by atoms with Crippen LogP contribution in [-0.4, -0.2) is 44.3 Å². The zero-order valence-corrected chi connectivity index (χ0v) is 17.5. The molecule has 0 radical (unpaired) electrons. The number of hydrogen-bond acceptors (Lipinski definition) is 4. The molecule has 2 aliphatic rings. The number of carbonyl (C=O) groups excluding carboxylic acids is 1. The molecule has 0 spiro atoms.